The fourth-order valence-corrected chi connectivity index (χ4v) is 3.23. The molecule has 1 aliphatic carbocycles. The molecule has 6 heteroatoms. The fourth-order valence-electron chi connectivity index (χ4n) is 3.12. The summed E-state index contributed by atoms with van der Waals surface area (Å²) in [7, 11) is 0. The first-order chi connectivity index (χ1) is 9.49. The van der Waals surface area contributed by atoms with Crippen molar-refractivity contribution in [3.63, 3.8) is 0 Å². The summed E-state index contributed by atoms with van der Waals surface area (Å²) < 4.78 is 19.0. The molecule has 1 unspecified atom stereocenters. The van der Waals surface area contributed by atoms with E-state index < -0.39 is 17.8 Å². The van der Waals surface area contributed by atoms with Crippen LogP contribution in [-0.2, 0) is 4.79 Å². The van der Waals surface area contributed by atoms with E-state index in [0.717, 1.165) is 25.9 Å². The Morgan fingerprint density at radius 2 is 2.20 bits per heavy atom. The zero-order valence-electron chi connectivity index (χ0n) is 10.9. The van der Waals surface area contributed by atoms with Gasteiger partial charge in [-0.05, 0) is 30.4 Å². The molecule has 3 rings (SSSR count). The van der Waals surface area contributed by atoms with Crippen molar-refractivity contribution in [1.29, 1.82) is 0 Å². The van der Waals surface area contributed by atoms with Gasteiger partial charge < -0.3 is 15.8 Å². The lowest BCUT2D eigenvalue weighted by atomic mass is 9.57. The van der Waals surface area contributed by atoms with E-state index >= 15 is 0 Å². The van der Waals surface area contributed by atoms with Gasteiger partial charge in [0.25, 0.3) is 5.91 Å². The lowest BCUT2D eigenvalue weighted by Gasteiger charge is -2.55. The molecule has 1 saturated carbocycles. The third-order valence-corrected chi connectivity index (χ3v) is 4.56. The second-order valence-electron chi connectivity index (χ2n) is 5.79. The van der Waals surface area contributed by atoms with Crippen LogP contribution < -0.4 is 15.8 Å². The number of benzene rings is 1. The third-order valence-electron chi connectivity index (χ3n) is 4.25. The Morgan fingerprint density at radius 1 is 1.50 bits per heavy atom. The maximum atomic E-state index is 13.4. The Labute approximate surface area is 121 Å². The number of carbonyl (C=O) groups excluding carboxylic acids is 1. The van der Waals surface area contributed by atoms with E-state index in [1.165, 1.54) is 12.1 Å². The van der Waals surface area contributed by atoms with Crippen LogP contribution in [0.25, 0.3) is 0 Å². The summed E-state index contributed by atoms with van der Waals surface area (Å²) in [6.07, 6.45) is 1.13. The molecule has 0 bridgehead atoms. The van der Waals surface area contributed by atoms with E-state index in [4.69, 9.17) is 22.1 Å². The van der Waals surface area contributed by atoms with Gasteiger partial charge in [-0.1, -0.05) is 11.6 Å². The quantitative estimate of drug-likeness (QED) is 0.889. The average molecular weight is 299 g/mol. The maximum absolute atomic E-state index is 13.4. The van der Waals surface area contributed by atoms with Crippen LogP contribution in [0.1, 0.15) is 12.8 Å². The van der Waals surface area contributed by atoms with Crippen molar-refractivity contribution >= 4 is 17.5 Å². The van der Waals surface area contributed by atoms with Crippen LogP contribution in [0.4, 0.5) is 4.39 Å². The fraction of sp³-hybridized carbons (Fsp3) is 0.500. The summed E-state index contributed by atoms with van der Waals surface area (Å²) in [6, 6.07) is 4.13. The first-order valence-electron chi connectivity index (χ1n) is 6.61. The van der Waals surface area contributed by atoms with Gasteiger partial charge in [-0.3, -0.25) is 4.79 Å². The van der Waals surface area contributed by atoms with Gasteiger partial charge in [0.1, 0.15) is 11.6 Å². The number of amides is 1. The number of primary amides is 1. The van der Waals surface area contributed by atoms with Crippen molar-refractivity contribution in [1.82, 2.24) is 5.32 Å². The largest absolute Gasteiger partial charge is 0.480 e. The molecule has 4 nitrogen and oxygen atoms in total. The Morgan fingerprint density at radius 3 is 2.70 bits per heavy atom. The SMILES string of the molecule is NC(=O)C(Oc1ccc(Cl)c(F)c1)C1CC2(CNC2)C1. The normalized spacial score (nSPS) is 21.9. The monoisotopic (exact) mass is 298 g/mol. The molecular weight excluding hydrogens is 283 g/mol. The van der Waals surface area contributed by atoms with Gasteiger partial charge in [0.05, 0.1) is 5.02 Å². The molecule has 1 amide bonds. The van der Waals surface area contributed by atoms with E-state index in [2.05, 4.69) is 5.32 Å². The van der Waals surface area contributed by atoms with Crippen LogP contribution >= 0.6 is 11.6 Å². The molecule has 20 heavy (non-hydrogen) atoms. The molecule has 1 aliphatic heterocycles. The van der Waals surface area contributed by atoms with E-state index in [0.29, 0.717) is 5.41 Å². The first kappa shape index (κ1) is 13.6. The van der Waals surface area contributed by atoms with Gasteiger partial charge >= 0.3 is 0 Å². The zero-order valence-corrected chi connectivity index (χ0v) is 11.6. The lowest BCUT2D eigenvalue weighted by molar-refractivity contribution is -0.134. The van der Waals surface area contributed by atoms with Crippen molar-refractivity contribution in [2.24, 2.45) is 17.1 Å². The molecule has 1 spiro atoms. The van der Waals surface area contributed by atoms with E-state index in [9.17, 15) is 9.18 Å². The summed E-state index contributed by atoms with van der Waals surface area (Å²) in [5, 5.41) is 3.26. The predicted octanol–water partition coefficient (Wildman–Crippen LogP) is 1.71. The molecule has 1 aromatic rings. The molecule has 1 saturated heterocycles. The predicted molar refractivity (Wildman–Crippen MR) is 73.0 cm³/mol. The smallest absolute Gasteiger partial charge is 0.258 e. The number of nitrogens with two attached hydrogens (primary N) is 1. The Kier molecular flexibility index (Phi) is 3.34. The number of rotatable bonds is 4. The minimum absolute atomic E-state index is 0.0242. The summed E-state index contributed by atoms with van der Waals surface area (Å²) in [6.45, 7) is 1.98. The van der Waals surface area contributed by atoms with Crippen molar-refractivity contribution in [3.8, 4) is 5.75 Å². The molecule has 108 valence electrons. The van der Waals surface area contributed by atoms with Crippen LogP contribution in [0.5, 0.6) is 5.75 Å². The molecule has 0 aromatic heterocycles. The minimum Gasteiger partial charge on any atom is -0.480 e. The highest BCUT2D eigenvalue weighted by atomic mass is 35.5. The van der Waals surface area contributed by atoms with Crippen LogP contribution in [0.2, 0.25) is 5.02 Å². The maximum Gasteiger partial charge on any atom is 0.258 e. The first-order valence-corrected chi connectivity index (χ1v) is 6.99. The van der Waals surface area contributed by atoms with Gasteiger partial charge in [-0.25, -0.2) is 4.39 Å². The lowest BCUT2D eigenvalue weighted by Crippen LogP contribution is -2.63. The van der Waals surface area contributed by atoms with Crippen LogP contribution in [0, 0.1) is 17.2 Å². The van der Waals surface area contributed by atoms with Gasteiger partial charge in [-0.15, -0.1) is 0 Å². The van der Waals surface area contributed by atoms with E-state index in [1.807, 2.05) is 0 Å². The highest BCUT2D eigenvalue weighted by molar-refractivity contribution is 6.30. The second kappa shape index (κ2) is 4.90. The molecule has 0 radical (unpaired) electrons. The van der Waals surface area contributed by atoms with Gasteiger partial charge in [-0.2, -0.15) is 0 Å². The van der Waals surface area contributed by atoms with Crippen molar-refractivity contribution in [3.05, 3.63) is 29.0 Å². The van der Waals surface area contributed by atoms with Gasteiger partial charge in [0.2, 0.25) is 0 Å². The van der Waals surface area contributed by atoms with Gasteiger partial charge in [0, 0.05) is 25.1 Å². The number of halogens is 2. The molecule has 1 aromatic carbocycles. The number of ether oxygens (including phenoxy) is 1. The molecular formula is C14H16ClFN2O2. The van der Waals surface area contributed by atoms with Gasteiger partial charge in [0.15, 0.2) is 6.10 Å². The molecule has 2 fully saturated rings. The number of nitrogens with one attached hydrogen (secondary N) is 1. The Hall–Kier alpha value is -1.33. The topological polar surface area (TPSA) is 64.4 Å². The third kappa shape index (κ3) is 2.36. The molecule has 2 aliphatic rings. The van der Waals surface area contributed by atoms with Crippen molar-refractivity contribution < 1.29 is 13.9 Å². The average Bonchev–Trinajstić information content (AvgIpc) is 2.28. The molecule has 3 N–H and O–H groups in total. The highest BCUT2D eigenvalue weighted by Gasteiger charge is 2.52. The summed E-state index contributed by atoms with van der Waals surface area (Å²) in [5.74, 6) is -0.690. The number of hydrogen-bond acceptors (Lipinski definition) is 3. The van der Waals surface area contributed by atoms with E-state index in [-0.39, 0.29) is 16.7 Å². The standard InChI is InChI=1S/C14H16ClFN2O2/c15-10-2-1-9(3-11(10)16)20-12(13(17)19)8-4-14(5-8)6-18-7-14/h1-3,8,12,18H,4-7H2,(H2,17,19). The highest BCUT2D eigenvalue weighted by Crippen LogP contribution is 2.50. The molecule has 1 heterocycles. The summed E-state index contributed by atoms with van der Waals surface area (Å²) >= 11 is 5.62. The van der Waals surface area contributed by atoms with Crippen LogP contribution in [-0.4, -0.2) is 25.1 Å². The number of hydrogen-bond donors (Lipinski definition) is 2. The second-order valence-corrected chi connectivity index (χ2v) is 6.20. The van der Waals surface area contributed by atoms with E-state index in [1.54, 1.807) is 6.07 Å². The van der Waals surface area contributed by atoms with Crippen molar-refractivity contribution in [2.45, 2.75) is 18.9 Å². The zero-order chi connectivity index (χ0) is 14.3. The Balaban J connectivity index is 1.68. The van der Waals surface area contributed by atoms with Crippen molar-refractivity contribution in [2.75, 3.05) is 13.1 Å². The summed E-state index contributed by atoms with van der Waals surface area (Å²) in [4.78, 5) is 11.6. The summed E-state index contributed by atoms with van der Waals surface area (Å²) in [5.41, 5.74) is 5.74. The minimum atomic E-state index is -0.707. The van der Waals surface area contributed by atoms with Crippen LogP contribution in [0.15, 0.2) is 18.2 Å². The van der Waals surface area contributed by atoms with Crippen LogP contribution in [0.3, 0.4) is 0 Å². The Bertz CT molecular complexity index is 540. The molecule has 1 atom stereocenters. The number of carbonyl (C=O) groups is 1.